The molecule has 0 spiro atoms. The molecular formula is C19H24N4O. The number of rotatable bonds is 3. The van der Waals surface area contributed by atoms with Crippen LogP contribution >= 0.6 is 0 Å². The van der Waals surface area contributed by atoms with E-state index in [1.807, 2.05) is 18.3 Å². The van der Waals surface area contributed by atoms with Crippen molar-refractivity contribution in [1.29, 1.82) is 0 Å². The Kier molecular flexibility index (Phi) is 4.69. The summed E-state index contributed by atoms with van der Waals surface area (Å²) in [6, 6.07) is 10.4. The highest BCUT2D eigenvalue weighted by Gasteiger charge is 2.19. The van der Waals surface area contributed by atoms with Crippen LogP contribution in [-0.2, 0) is 4.79 Å². The van der Waals surface area contributed by atoms with Crippen molar-refractivity contribution in [2.24, 2.45) is 0 Å². The largest absolute Gasteiger partial charge is 0.368 e. The molecule has 3 rings (SSSR count). The van der Waals surface area contributed by atoms with Crippen LogP contribution in [0.15, 0.2) is 36.5 Å². The minimum Gasteiger partial charge on any atom is -0.368 e. The molecule has 1 saturated heterocycles. The van der Waals surface area contributed by atoms with Crippen molar-refractivity contribution >= 4 is 23.1 Å². The smallest absolute Gasteiger partial charge is 0.222 e. The van der Waals surface area contributed by atoms with E-state index in [1.54, 1.807) is 0 Å². The number of pyridine rings is 1. The number of amides is 1. The molecule has 0 saturated carbocycles. The third-order valence-electron chi connectivity index (χ3n) is 4.61. The molecule has 5 heteroatoms. The van der Waals surface area contributed by atoms with Gasteiger partial charge in [0.1, 0.15) is 5.82 Å². The van der Waals surface area contributed by atoms with Crippen LogP contribution < -0.4 is 15.1 Å². The molecule has 2 aromatic rings. The first-order chi connectivity index (χ1) is 11.5. The molecule has 24 heavy (non-hydrogen) atoms. The molecule has 0 unspecified atom stereocenters. The lowest BCUT2D eigenvalue weighted by atomic mass is 10.1. The molecule has 1 N–H and O–H groups in total. The number of nitrogens with zero attached hydrogens (tertiary/aromatic N) is 3. The van der Waals surface area contributed by atoms with Crippen molar-refractivity contribution in [3.63, 3.8) is 0 Å². The maximum Gasteiger partial charge on any atom is 0.222 e. The fourth-order valence-corrected chi connectivity index (χ4v) is 3.11. The number of carbonyl (C=O) groups excluding carboxylic acids is 1. The molecule has 0 bridgehead atoms. The van der Waals surface area contributed by atoms with Crippen LogP contribution in [-0.4, -0.2) is 37.1 Å². The Hall–Kier alpha value is -2.56. The van der Waals surface area contributed by atoms with Crippen LogP contribution in [0.3, 0.4) is 0 Å². The molecule has 2 heterocycles. The summed E-state index contributed by atoms with van der Waals surface area (Å²) in [6.45, 7) is 9.78. The van der Waals surface area contributed by atoms with E-state index < -0.39 is 0 Å². The summed E-state index contributed by atoms with van der Waals surface area (Å²) in [7, 11) is 0. The van der Waals surface area contributed by atoms with Crippen molar-refractivity contribution < 1.29 is 4.79 Å². The maximum atomic E-state index is 11.1. The Bertz CT molecular complexity index is 719. The average molecular weight is 324 g/mol. The van der Waals surface area contributed by atoms with Crippen molar-refractivity contribution in [3.05, 3.63) is 47.7 Å². The van der Waals surface area contributed by atoms with E-state index >= 15 is 0 Å². The van der Waals surface area contributed by atoms with Gasteiger partial charge >= 0.3 is 0 Å². The maximum absolute atomic E-state index is 11.1. The van der Waals surface area contributed by atoms with Crippen molar-refractivity contribution in [1.82, 2.24) is 4.98 Å². The summed E-state index contributed by atoms with van der Waals surface area (Å²) in [5.41, 5.74) is 5.15. The molecule has 126 valence electrons. The van der Waals surface area contributed by atoms with Gasteiger partial charge in [-0.3, -0.25) is 4.79 Å². The highest BCUT2D eigenvalue weighted by atomic mass is 16.1. The Labute approximate surface area is 143 Å². The number of hydrogen-bond donors (Lipinski definition) is 1. The van der Waals surface area contributed by atoms with Crippen LogP contribution in [0.2, 0.25) is 0 Å². The van der Waals surface area contributed by atoms with Crippen LogP contribution in [0, 0.1) is 13.8 Å². The van der Waals surface area contributed by atoms with E-state index in [4.69, 9.17) is 0 Å². The molecule has 1 aliphatic heterocycles. The van der Waals surface area contributed by atoms with Crippen molar-refractivity contribution in [2.75, 3.05) is 41.3 Å². The van der Waals surface area contributed by atoms with Crippen LogP contribution in [0.1, 0.15) is 18.1 Å². The second-order valence-electron chi connectivity index (χ2n) is 6.28. The van der Waals surface area contributed by atoms with Gasteiger partial charge in [-0.2, -0.15) is 0 Å². The molecule has 0 radical (unpaired) electrons. The van der Waals surface area contributed by atoms with Gasteiger partial charge in [-0.1, -0.05) is 12.1 Å². The highest BCUT2D eigenvalue weighted by Crippen LogP contribution is 2.25. The summed E-state index contributed by atoms with van der Waals surface area (Å²) >= 11 is 0. The summed E-state index contributed by atoms with van der Waals surface area (Å²) in [6.07, 6.45) is 1.83. The molecule has 5 nitrogen and oxygen atoms in total. The first-order valence-electron chi connectivity index (χ1n) is 8.34. The SMILES string of the molecule is CC(=O)Nc1ccc(N2CCN(c3cccc(C)c3C)CC2)cn1. The lowest BCUT2D eigenvalue weighted by Crippen LogP contribution is -2.46. The number of nitrogens with one attached hydrogen (secondary N) is 1. The van der Waals surface area contributed by atoms with E-state index in [0.717, 1.165) is 31.9 Å². The minimum atomic E-state index is -0.0996. The lowest BCUT2D eigenvalue weighted by Gasteiger charge is -2.38. The second-order valence-corrected chi connectivity index (χ2v) is 6.28. The van der Waals surface area contributed by atoms with Gasteiger partial charge in [0.25, 0.3) is 0 Å². The second kappa shape index (κ2) is 6.91. The van der Waals surface area contributed by atoms with Gasteiger partial charge in [0.2, 0.25) is 5.91 Å². The summed E-state index contributed by atoms with van der Waals surface area (Å²) in [5, 5.41) is 2.70. The number of aromatic nitrogens is 1. The molecule has 1 aromatic carbocycles. The minimum absolute atomic E-state index is 0.0996. The Morgan fingerprint density at radius 1 is 1.04 bits per heavy atom. The number of hydrogen-bond acceptors (Lipinski definition) is 4. The molecule has 1 fully saturated rings. The Morgan fingerprint density at radius 2 is 1.75 bits per heavy atom. The van der Waals surface area contributed by atoms with Crippen molar-refractivity contribution in [3.8, 4) is 0 Å². The van der Waals surface area contributed by atoms with Crippen LogP contribution in [0.4, 0.5) is 17.2 Å². The van der Waals surface area contributed by atoms with Gasteiger partial charge < -0.3 is 15.1 Å². The average Bonchev–Trinajstić information content (AvgIpc) is 2.58. The molecule has 0 atom stereocenters. The van der Waals surface area contributed by atoms with Crippen LogP contribution in [0.5, 0.6) is 0 Å². The van der Waals surface area contributed by atoms with E-state index in [0.29, 0.717) is 5.82 Å². The van der Waals surface area contributed by atoms with Crippen LogP contribution in [0.25, 0.3) is 0 Å². The van der Waals surface area contributed by atoms with Gasteiger partial charge in [0.15, 0.2) is 0 Å². The number of benzene rings is 1. The van der Waals surface area contributed by atoms with E-state index in [1.165, 1.54) is 23.7 Å². The lowest BCUT2D eigenvalue weighted by molar-refractivity contribution is -0.114. The number of carbonyl (C=O) groups is 1. The third-order valence-corrected chi connectivity index (χ3v) is 4.61. The predicted octanol–water partition coefficient (Wildman–Crippen LogP) is 2.98. The Morgan fingerprint density at radius 3 is 2.38 bits per heavy atom. The molecule has 1 aliphatic rings. The zero-order chi connectivity index (χ0) is 17.1. The third kappa shape index (κ3) is 3.50. The van der Waals surface area contributed by atoms with Gasteiger partial charge in [-0.15, -0.1) is 0 Å². The summed E-state index contributed by atoms with van der Waals surface area (Å²) in [5.74, 6) is 0.498. The first-order valence-corrected chi connectivity index (χ1v) is 8.34. The zero-order valence-electron chi connectivity index (χ0n) is 14.5. The van der Waals surface area contributed by atoms with E-state index in [9.17, 15) is 4.79 Å². The fraction of sp³-hybridized carbons (Fsp3) is 0.368. The fourth-order valence-electron chi connectivity index (χ4n) is 3.11. The Balaban J connectivity index is 1.64. The quantitative estimate of drug-likeness (QED) is 0.943. The van der Waals surface area contributed by atoms with Crippen molar-refractivity contribution in [2.45, 2.75) is 20.8 Å². The van der Waals surface area contributed by atoms with Gasteiger partial charge in [0.05, 0.1) is 11.9 Å². The monoisotopic (exact) mass is 324 g/mol. The molecule has 0 aliphatic carbocycles. The predicted molar refractivity (Wildman–Crippen MR) is 98.9 cm³/mol. The highest BCUT2D eigenvalue weighted by molar-refractivity contribution is 5.87. The number of anilines is 3. The first kappa shape index (κ1) is 16.3. The number of aryl methyl sites for hydroxylation is 1. The van der Waals surface area contributed by atoms with E-state index in [2.05, 4.69) is 52.1 Å². The van der Waals surface area contributed by atoms with E-state index in [-0.39, 0.29) is 5.91 Å². The number of piperazine rings is 1. The summed E-state index contributed by atoms with van der Waals surface area (Å²) < 4.78 is 0. The van der Waals surface area contributed by atoms with Gasteiger partial charge in [-0.25, -0.2) is 4.98 Å². The molecule has 1 amide bonds. The van der Waals surface area contributed by atoms with Gasteiger partial charge in [-0.05, 0) is 43.2 Å². The normalized spacial score (nSPS) is 14.6. The summed E-state index contributed by atoms with van der Waals surface area (Å²) in [4.78, 5) is 20.2. The standard InChI is InChI=1S/C19H24N4O/c1-14-5-4-6-18(15(14)2)23-11-9-22(10-12-23)17-7-8-19(20-13-17)21-16(3)24/h4-8,13H,9-12H2,1-3H3,(H,20,21,24). The molecular weight excluding hydrogens is 300 g/mol. The van der Waals surface area contributed by atoms with Gasteiger partial charge in [0, 0.05) is 38.8 Å². The molecule has 1 aromatic heterocycles. The topological polar surface area (TPSA) is 48.5 Å². The zero-order valence-corrected chi connectivity index (χ0v) is 14.5.